The molecule has 19 heavy (non-hydrogen) atoms. The first-order valence-corrected chi connectivity index (χ1v) is 8.71. The van der Waals surface area contributed by atoms with Crippen LogP contribution in [0.3, 0.4) is 0 Å². The summed E-state index contributed by atoms with van der Waals surface area (Å²) in [6.45, 7) is 4.60. The Morgan fingerprint density at radius 1 is 1.42 bits per heavy atom. The van der Waals surface area contributed by atoms with Crippen LogP contribution in [-0.4, -0.2) is 37.9 Å². The lowest BCUT2D eigenvalue weighted by Crippen LogP contribution is -2.46. The number of halogens is 4. The van der Waals surface area contributed by atoms with Crippen molar-refractivity contribution in [1.29, 1.82) is 0 Å². The van der Waals surface area contributed by atoms with Gasteiger partial charge >= 0.3 is 28.3 Å². The van der Waals surface area contributed by atoms with Gasteiger partial charge in [-0.15, -0.1) is 23.2 Å². The van der Waals surface area contributed by atoms with Gasteiger partial charge in [0.15, 0.2) is 10.4 Å². The van der Waals surface area contributed by atoms with Gasteiger partial charge in [-0.25, -0.2) is 0 Å². The van der Waals surface area contributed by atoms with Crippen molar-refractivity contribution in [3.8, 4) is 6.07 Å². The van der Waals surface area contributed by atoms with Crippen molar-refractivity contribution in [2.75, 3.05) is 6.54 Å². The van der Waals surface area contributed by atoms with E-state index >= 15 is 0 Å². The van der Waals surface area contributed by atoms with Gasteiger partial charge in [0, 0.05) is 10.8 Å². The monoisotopic (exact) mass is 389 g/mol. The standard InChI is InChI=1S/C8H12Cl4N2O3S2/c1-4-14(19(15,16)17)7(2,3)5-13-18-8(11,12)6(9)10/h6H,4H2,1-3H3/p+1. The van der Waals surface area contributed by atoms with E-state index in [2.05, 4.69) is 10.3 Å². The largest absolute Gasteiger partial charge is 0.353 e. The Hall–Kier alpha value is 0.870. The summed E-state index contributed by atoms with van der Waals surface area (Å²) in [6.07, 6.45) is 0. The van der Waals surface area contributed by atoms with Crippen LogP contribution in [0, 0.1) is 6.07 Å². The van der Waals surface area contributed by atoms with E-state index < -0.39 is 24.3 Å². The molecule has 1 N–H and O–H groups in total. The molecule has 5 nitrogen and oxygen atoms in total. The van der Waals surface area contributed by atoms with Gasteiger partial charge in [-0.3, -0.25) is 4.55 Å². The molecule has 0 aliphatic rings. The lowest BCUT2D eigenvalue weighted by molar-refractivity contribution is 0.270. The van der Waals surface area contributed by atoms with E-state index in [-0.39, 0.29) is 6.54 Å². The van der Waals surface area contributed by atoms with Crippen molar-refractivity contribution in [2.24, 2.45) is 0 Å². The third kappa shape index (κ3) is 6.44. The zero-order chi connectivity index (χ0) is 15.5. The highest BCUT2D eigenvalue weighted by Crippen LogP contribution is 2.43. The van der Waals surface area contributed by atoms with Gasteiger partial charge in [-0.1, -0.05) is 30.1 Å². The molecular formula is C8H13Cl4N2O3S2+. The second kappa shape index (κ2) is 7.23. The normalized spacial score (nSPS) is 13.6. The van der Waals surface area contributed by atoms with Crippen LogP contribution in [-0.2, 0) is 10.3 Å². The summed E-state index contributed by atoms with van der Waals surface area (Å²) in [5.74, 6) is 0. The zero-order valence-corrected chi connectivity index (χ0v) is 14.9. The minimum absolute atomic E-state index is 0.0412. The Bertz CT molecular complexity index is 470. The molecule has 0 aromatic rings. The van der Waals surface area contributed by atoms with Crippen LogP contribution in [0.15, 0.2) is 0 Å². The first-order chi connectivity index (χ1) is 8.34. The minimum atomic E-state index is -4.37. The molecule has 0 radical (unpaired) electrons. The predicted octanol–water partition coefficient (Wildman–Crippen LogP) is 3.81. The third-order valence-electron chi connectivity index (χ3n) is 1.93. The number of hydrogen-bond acceptors (Lipinski definition) is 3. The minimum Gasteiger partial charge on any atom is -0.273 e. The van der Waals surface area contributed by atoms with E-state index in [1.807, 2.05) is 0 Å². The van der Waals surface area contributed by atoms with Crippen LogP contribution in [0.5, 0.6) is 0 Å². The van der Waals surface area contributed by atoms with Crippen molar-refractivity contribution in [3.05, 3.63) is 4.25 Å². The number of alkyl halides is 4. The molecule has 112 valence electrons. The smallest absolute Gasteiger partial charge is 0.273 e. The molecule has 0 unspecified atom stereocenters. The topological polar surface area (TPSA) is 62.0 Å². The van der Waals surface area contributed by atoms with E-state index in [0.29, 0.717) is 11.9 Å². The SMILES string of the molecule is CCN(C(C)(C)C#[N+]SC(Cl)(Cl)C(Cl)Cl)S(=O)(=O)O. The predicted molar refractivity (Wildman–Crippen MR) is 82.8 cm³/mol. The van der Waals surface area contributed by atoms with Crippen LogP contribution in [0.25, 0.3) is 4.25 Å². The molecule has 0 bridgehead atoms. The van der Waals surface area contributed by atoms with Crippen LogP contribution in [0.4, 0.5) is 0 Å². The molecule has 0 heterocycles. The van der Waals surface area contributed by atoms with Gasteiger partial charge < -0.3 is 0 Å². The number of hydrogen-bond donors (Lipinski definition) is 1. The van der Waals surface area contributed by atoms with Crippen LogP contribution in [0.2, 0.25) is 0 Å². The lowest BCUT2D eigenvalue weighted by atomic mass is 10.1. The average molecular weight is 391 g/mol. The van der Waals surface area contributed by atoms with E-state index in [4.69, 9.17) is 51.0 Å². The first kappa shape index (κ1) is 19.9. The molecule has 11 heteroatoms. The Morgan fingerprint density at radius 3 is 2.21 bits per heavy atom. The molecule has 0 saturated heterocycles. The zero-order valence-electron chi connectivity index (χ0n) is 10.3. The Labute approximate surface area is 137 Å². The van der Waals surface area contributed by atoms with Gasteiger partial charge in [-0.2, -0.15) is 12.7 Å². The summed E-state index contributed by atoms with van der Waals surface area (Å²) in [4.78, 5) is -1.10. The highest BCUT2D eigenvalue weighted by molar-refractivity contribution is 8.05. The Balaban J connectivity index is 5.08. The van der Waals surface area contributed by atoms with Gasteiger partial charge in [-0.05, 0) is 13.8 Å². The molecular weight excluding hydrogens is 378 g/mol. The van der Waals surface area contributed by atoms with Crippen molar-refractivity contribution >= 4 is 68.7 Å². The molecule has 0 aliphatic carbocycles. The third-order valence-corrected chi connectivity index (χ3v) is 6.07. The molecule has 0 aliphatic heterocycles. The molecule has 0 aromatic heterocycles. The molecule has 0 amide bonds. The molecule has 0 saturated carbocycles. The number of nitrogens with zero attached hydrogens (tertiary/aromatic N) is 2. The Morgan fingerprint density at radius 2 is 1.89 bits per heavy atom. The quantitative estimate of drug-likeness (QED) is 0.440. The van der Waals surface area contributed by atoms with Crippen LogP contribution < -0.4 is 0 Å². The molecule has 0 aromatic carbocycles. The van der Waals surface area contributed by atoms with E-state index in [0.717, 1.165) is 4.31 Å². The summed E-state index contributed by atoms with van der Waals surface area (Å²) in [7, 11) is -4.37. The first-order valence-electron chi connectivity index (χ1n) is 4.91. The molecule has 0 spiro atoms. The van der Waals surface area contributed by atoms with Crippen molar-refractivity contribution in [2.45, 2.75) is 34.8 Å². The summed E-state index contributed by atoms with van der Waals surface area (Å²) >= 11 is 23.2. The summed E-state index contributed by atoms with van der Waals surface area (Å²) in [5, 5.41) is 0. The molecule has 0 rings (SSSR count). The number of rotatable bonds is 5. The van der Waals surface area contributed by atoms with Gasteiger partial charge in [0.1, 0.15) is 0 Å². The lowest BCUT2D eigenvalue weighted by Gasteiger charge is -2.25. The maximum atomic E-state index is 11.2. The molecule has 0 atom stereocenters. The van der Waals surface area contributed by atoms with Crippen molar-refractivity contribution < 1.29 is 13.0 Å². The second-order valence-electron chi connectivity index (χ2n) is 3.86. The van der Waals surface area contributed by atoms with Crippen LogP contribution >= 0.6 is 58.4 Å². The van der Waals surface area contributed by atoms with Gasteiger partial charge in [0.2, 0.25) is 0 Å². The second-order valence-corrected chi connectivity index (χ2v) is 9.13. The maximum Gasteiger partial charge on any atom is 0.353 e. The van der Waals surface area contributed by atoms with E-state index in [9.17, 15) is 8.42 Å². The van der Waals surface area contributed by atoms with Gasteiger partial charge in [0.05, 0.1) is 0 Å². The summed E-state index contributed by atoms with van der Waals surface area (Å²) < 4.78 is 34.4. The van der Waals surface area contributed by atoms with Crippen molar-refractivity contribution in [3.63, 3.8) is 0 Å². The van der Waals surface area contributed by atoms with Gasteiger partial charge in [0.25, 0.3) is 3.67 Å². The van der Waals surface area contributed by atoms with E-state index in [1.165, 1.54) is 13.8 Å². The molecule has 0 fully saturated rings. The maximum absolute atomic E-state index is 11.2. The average Bonchev–Trinajstić information content (AvgIpc) is 2.14. The fraction of sp³-hybridized carbons (Fsp3) is 0.875. The summed E-state index contributed by atoms with van der Waals surface area (Å²) in [5.41, 5.74) is -1.19. The fourth-order valence-electron chi connectivity index (χ4n) is 1.14. The van der Waals surface area contributed by atoms with Crippen molar-refractivity contribution in [1.82, 2.24) is 4.31 Å². The highest BCUT2D eigenvalue weighted by Gasteiger charge is 2.43. The van der Waals surface area contributed by atoms with Crippen LogP contribution in [0.1, 0.15) is 20.8 Å². The highest BCUT2D eigenvalue weighted by atomic mass is 35.5. The fourth-order valence-corrected chi connectivity index (χ4v) is 3.00. The van der Waals surface area contributed by atoms with E-state index in [1.54, 1.807) is 6.92 Å². The Kier molecular flexibility index (Phi) is 7.56. The summed E-state index contributed by atoms with van der Waals surface area (Å²) in [6, 6.07) is 2.52.